The molecule has 1 heterocycles. The van der Waals surface area contributed by atoms with Crippen LogP contribution >= 0.6 is 0 Å². The Kier molecular flexibility index (Phi) is 4.79. The third-order valence-electron chi connectivity index (χ3n) is 3.24. The molecule has 0 bridgehead atoms. The van der Waals surface area contributed by atoms with E-state index in [0.29, 0.717) is 0 Å². The molecule has 2 rings (SSSR count). The highest BCUT2D eigenvalue weighted by molar-refractivity contribution is 5.30. The minimum Gasteiger partial charge on any atom is -0.491 e. The fourth-order valence-corrected chi connectivity index (χ4v) is 2.06. The number of H-pyrrole nitrogens is 1. The van der Waals surface area contributed by atoms with Gasteiger partial charge in [0.25, 0.3) is 0 Å². The van der Waals surface area contributed by atoms with Crippen LogP contribution in [0.15, 0.2) is 30.6 Å². The van der Waals surface area contributed by atoms with Gasteiger partial charge >= 0.3 is 0 Å². The number of hydrogen-bond donors (Lipinski definition) is 2. The normalized spacial score (nSPS) is 12.7. The van der Waals surface area contributed by atoms with E-state index < -0.39 is 0 Å². The average molecular weight is 273 g/mol. The molecule has 0 saturated carbocycles. The van der Waals surface area contributed by atoms with Gasteiger partial charge in [-0.3, -0.25) is 0 Å². The molecular weight excluding hydrogens is 250 g/mol. The molecule has 0 aliphatic heterocycles. The van der Waals surface area contributed by atoms with Gasteiger partial charge < -0.3 is 15.0 Å². The first-order valence-corrected chi connectivity index (χ1v) is 7.05. The summed E-state index contributed by atoms with van der Waals surface area (Å²) in [4.78, 5) is 7.39. The zero-order chi connectivity index (χ0) is 14.5. The first kappa shape index (κ1) is 14.6. The second-order valence-electron chi connectivity index (χ2n) is 5.32. The molecule has 0 saturated heterocycles. The number of ether oxygens (including phenoxy) is 1. The molecule has 20 heavy (non-hydrogen) atoms. The van der Waals surface area contributed by atoms with E-state index in [2.05, 4.69) is 34.3 Å². The molecule has 0 aliphatic rings. The van der Waals surface area contributed by atoms with Crippen LogP contribution < -0.4 is 10.1 Å². The number of aromatic nitrogens is 2. The van der Waals surface area contributed by atoms with Gasteiger partial charge in [0.1, 0.15) is 5.75 Å². The van der Waals surface area contributed by atoms with Crippen molar-refractivity contribution in [3.8, 4) is 5.75 Å². The van der Waals surface area contributed by atoms with Gasteiger partial charge in [-0.05, 0) is 45.4 Å². The maximum Gasteiger partial charge on any atom is 0.120 e. The van der Waals surface area contributed by atoms with Crippen molar-refractivity contribution in [2.24, 2.45) is 0 Å². The lowest BCUT2D eigenvalue weighted by molar-refractivity contribution is 0.242. The fourth-order valence-electron chi connectivity index (χ4n) is 2.06. The summed E-state index contributed by atoms with van der Waals surface area (Å²) in [5.74, 6) is 0.919. The third kappa shape index (κ3) is 3.84. The molecule has 1 aromatic heterocycles. The highest BCUT2D eigenvalue weighted by Crippen LogP contribution is 2.20. The van der Waals surface area contributed by atoms with Gasteiger partial charge in [0.2, 0.25) is 0 Å². The standard InChI is InChI=1S/C16H23N3O/c1-11(2)20-15-7-5-6-14(8-15)12(3)17-9-16-13(4)18-10-19-16/h5-8,10-12,17H,9H2,1-4H3,(H,18,19). The summed E-state index contributed by atoms with van der Waals surface area (Å²) in [7, 11) is 0. The van der Waals surface area contributed by atoms with E-state index in [9.17, 15) is 0 Å². The van der Waals surface area contributed by atoms with Crippen molar-refractivity contribution in [2.45, 2.75) is 46.4 Å². The second-order valence-corrected chi connectivity index (χ2v) is 5.32. The first-order valence-electron chi connectivity index (χ1n) is 7.05. The number of rotatable bonds is 6. The quantitative estimate of drug-likeness (QED) is 0.848. The van der Waals surface area contributed by atoms with E-state index in [-0.39, 0.29) is 12.1 Å². The van der Waals surface area contributed by atoms with E-state index in [4.69, 9.17) is 4.74 Å². The van der Waals surface area contributed by atoms with Crippen LogP contribution in [0.25, 0.3) is 0 Å². The Hall–Kier alpha value is -1.81. The van der Waals surface area contributed by atoms with Crippen molar-refractivity contribution in [3.05, 3.63) is 47.5 Å². The summed E-state index contributed by atoms with van der Waals surface area (Å²) >= 11 is 0. The maximum atomic E-state index is 5.73. The van der Waals surface area contributed by atoms with Crippen molar-refractivity contribution in [3.63, 3.8) is 0 Å². The van der Waals surface area contributed by atoms with E-state index in [1.807, 2.05) is 32.9 Å². The molecule has 2 aromatic rings. The molecule has 2 N–H and O–H groups in total. The van der Waals surface area contributed by atoms with Crippen molar-refractivity contribution in [1.29, 1.82) is 0 Å². The minimum atomic E-state index is 0.195. The number of nitrogens with one attached hydrogen (secondary N) is 2. The maximum absolute atomic E-state index is 5.73. The largest absolute Gasteiger partial charge is 0.491 e. The van der Waals surface area contributed by atoms with E-state index >= 15 is 0 Å². The Balaban J connectivity index is 1.98. The van der Waals surface area contributed by atoms with Crippen LogP contribution in [-0.4, -0.2) is 16.1 Å². The molecular formula is C16H23N3O. The summed E-state index contributed by atoms with van der Waals surface area (Å²) in [5.41, 5.74) is 3.39. The van der Waals surface area contributed by atoms with Crippen LogP contribution in [-0.2, 0) is 6.54 Å². The van der Waals surface area contributed by atoms with E-state index in [0.717, 1.165) is 23.7 Å². The average Bonchev–Trinajstić information content (AvgIpc) is 2.81. The van der Waals surface area contributed by atoms with Crippen LogP contribution in [0.1, 0.15) is 43.8 Å². The number of nitrogens with zero attached hydrogens (tertiary/aromatic N) is 1. The number of aryl methyl sites for hydroxylation is 1. The highest BCUT2D eigenvalue weighted by atomic mass is 16.5. The molecule has 1 aromatic carbocycles. The molecule has 4 nitrogen and oxygen atoms in total. The summed E-state index contributed by atoms with van der Waals surface area (Å²) in [5, 5.41) is 3.48. The predicted molar refractivity (Wildman–Crippen MR) is 80.8 cm³/mol. The summed E-state index contributed by atoms with van der Waals surface area (Å²) in [6, 6.07) is 8.48. The summed E-state index contributed by atoms with van der Waals surface area (Å²) < 4.78 is 5.73. The zero-order valence-electron chi connectivity index (χ0n) is 12.6. The van der Waals surface area contributed by atoms with Crippen molar-refractivity contribution < 1.29 is 4.74 Å². The lowest BCUT2D eigenvalue weighted by Gasteiger charge is -2.16. The molecule has 0 radical (unpaired) electrons. The van der Waals surface area contributed by atoms with Gasteiger partial charge in [0.05, 0.1) is 18.1 Å². The monoisotopic (exact) mass is 273 g/mol. The van der Waals surface area contributed by atoms with Crippen LogP contribution in [0.5, 0.6) is 5.75 Å². The Bertz CT molecular complexity index is 548. The van der Waals surface area contributed by atoms with Gasteiger partial charge in [0.15, 0.2) is 0 Å². The fraction of sp³-hybridized carbons (Fsp3) is 0.438. The van der Waals surface area contributed by atoms with Crippen molar-refractivity contribution in [1.82, 2.24) is 15.3 Å². The highest BCUT2D eigenvalue weighted by Gasteiger charge is 2.08. The van der Waals surface area contributed by atoms with Crippen LogP contribution in [0.2, 0.25) is 0 Å². The van der Waals surface area contributed by atoms with Gasteiger partial charge in [-0.25, -0.2) is 4.98 Å². The lowest BCUT2D eigenvalue weighted by Crippen LogP contribution is -2.19. The number of aromatic amines is 1. The zero-order valence-corrected chi connectivity index (χ0v) is 12.6. The molecule has 108 valence electrons. The van der Waals surface area contributed by atoms with Crippen LogP contribution in [0.3, 0.4) is 0 Å². The Morgan fingerprint density at radius 2 is 2.10 bits per heavy atom. The number of benzene rings is 1. The third-order valence-corrected chi connectivity index (χ3v) is 3.24. The lowest BCUT2D eigenvalue weighted by atomic mass is 10.1. The second kappa shape index (κ2) is 6.57. The Morgan fingerprint density at radius 3 is 2.75 bits per heavy atom. The molecule has 0 amide bonds. The molecule has 0 spiro atoms. The van der Waals surface area contributed by atoms with Crippen molar-refractivity contribution in [2.75, 3.05) is 0 Å². The van der Waals surface area contributed by atoms with Gasteiger partial charge in [0, 0.05) is 18.3 Å². The number of hydrogen-bond acceptors (Lipinski definition) is 3. The van der Waals surface area contributed by atoms with E-state index in [1.165, 1.54) is 5.56 Å². The van der Waals surface area contributed by atoms with E-state index in [1.54, 1.807) is 6.33 Å². The van der Waals surface area contributed by atoms with Gasteiger partial charge in [-0.1, -0.05) is 12.1 Å². The smallest absolute Gasteiger partial charge is 0.120 e. The SMILES string of the molecule is Cc1[nH]cnc1CNC(C)c1cccc(OC(C)C)c1. The van der Waals surface area contributed by atoms with Crippen molar-refractivity contribution >= 4 is 0 Å². The summed E-state index contributed by atoms with van der Waals surface area (Å²) in [6.45, 7) is 9.01. The molecule has 4 heteroatoms. The predicted octanol–water partition coefficient (Wildman–Crippen LogP) is 3.36. The molecule has 0 aliphatic carbocycles. The van der Waals surface area contributed by atoms with Crippen LogP contribution in [0.4, 0.5) is 0 Å². The summed E-state index contributed by atoms with van der Waals surface area (Å²) in [6.07, 6.45) is 1.92. The van der Waals surface area contributed by atoms with Crippen LogP contribution in [0, 0.1) is 6.92 Å². The Morgan fingerprint density at radius 1 is 1.30 bits per heavy atom. The van der Waals surface area contributed by atoms with Gasteiger partial charge in [-0.2, -0.15) is 0 Å². The first-order chi connectivity index (χ1) is 9.56. The van der Waals surface area contributed by atoms with Gasteiger partial charge in [-0.15, -0.1) is 0 Å². The topological polar surface area (TPSA) is 49.9 Å². The minimum absolute atomic E-state index is 0.195. The molecule has 1 atom stereocenters. The molecule has 0 fully saturated rings. The Labute approximate surface area is 120 Å². The molecule has 1 unspecified atom stereocenters. The number of imidazole rings is 1.